The Morgan fingerprint density at radius 2 is 1.72 bits per heavy atom. The minimum absolute atomic E-state index is 0.00268. The number of anilines is 1. The molecule has 0 aliphatic carbocycles. The van der Waals surface area contributed by atoms with Crippen molar-refractivity contribution >= 4 is 17.5 Å². The van der Waals surface area contributed by atoms with E-state index in [0.717, 1.165) is 66.2 Å². The van der Waals surface area contributed by atoms with E-state index >= 15 is 4.79 Å². The third-order valence-electron chi connectivity index (χ3n) is 12.9. The highest BCUT2D eigenvalue weighted by Gasteiger charge is 2.47. The van der Waals surface area contributed by atoms with Crippen molar-refractivity contribution in [3.05, 3.63) is 106 Å². The monoisotopic (exact) mass is 775 g/mol. The van der Waals surface area contributed by atoms with Gasteiger partial charge in [-0.2, -0.15) is 14.0 Å². The zero-order valence-corrected chi connectivity index (χ0v) is 32.9. The number of fused-ring (bicyclic) bond motifs is 2. The molecule has 5 heterocycles. The number of phenols is 1. The van der Waals surface area contributed by atoms with Crippen LogP contribution >= 0.6 is 0 Å². The van der Waals surface area contributed by atoms with Crippen LogP contribution in [0.1, 0.15) is 81.3 Å². The zero-order chi connectivity index (χ0) is 40.0. The van der Waals surface area contributed by atoms with Crippen molar-refractivity contribution in [2.75, 3.05) is 31.1 Å². The van der Waals surface area contributed by atoms with Crippen LogP contribution in [0.5, 0.6) is 5.75 Å². The van der Waals surface area contributed by atoms with Crippen LogP contribution in [0.15, 0.2) is 66.7 Å². The summed E-state index contributed by atoms with van der Waals surface area (Å²) in [6.45, 7) is 5.47. The lowest BCUT2D eigenvalue weighted by atomic mass is 9.89. The summed E-state index contributed by atoms with van der Waals surface area (Å²) in [5, 5.41) is 23.5. The molecule has 8 rings (SSSR count). The van der Waals surface area contributed by atoms with Crippen LogP contribution in [0, 0.1) is 18.3 Å². The summed E-state index contributed by atoms with van der Waals surface area (Å²) in [4.78, 5) is 37.2. The summed E-state index contributed by atoms with van der Waals surface area (Å²) in [6.07, 6.45) is 5.18. The maximum Gasteiger partial charge on any atom is 0.296 e. The van der Waals surface area contributed by atoms with Gasteiger partial charge in [0.2, 0.25) is 0 Å². The Bertz CT molecular complexity index is 2190. The number of hydrogen-bond donors (Lipinski definition) is 2. The largest absolute Gasteiger partial charge is 0.508 e. The quantitative estimate of drug-likeness (QED) is 0.194. The number of alkyl halides is 2. The van der Waals surface area contributed by atoms with E-state index < -0.39 is 30.6 Å². The van der Waals surface area contributed by atoms with Crippen LogP contribution in [0.25, 0.3) is 11.3 Å². The van der Waals surface area contributed by atoms with Crippen molar-refractivity contribution in [1.29, 1.82) is 5.26 Å². The van der Waals surface area contributed by atoms with Crippen LogP contribution in [0.3, 0.4) is 0 Å². The SMILES string of the molecule is Cc1c(C(=O)N(c2ccc(O)cc2)C2CC(C#N)N(C(F)F)C2C)cc(-c2cc3c(cc2C(=O)N2Cc4ccccc4C[C@H]2CN2CCCCC2)CNCC3)n1C. The van der Waals surface area contributed by atoms with E-state index in [4.69, 9.17) is 0 Å². The Balaban J connectivity index is 1.21. The first-order chi connectivity index (χ1) is 27.5. The molecule has 4 atom stereocenters. The number of nitrogens with zero attached hydrogens (tertiary/aromatic N) is 6. The number of likely N-dealkylation sites (tertiary alicyclic amines) is 2. The highest BCUT2D eigenvalue weighted by atomic mass is 19.3. The van der Waals surface area contributed by atoms with Crippen molar-refractivity contribution in [2.45, 2.75) is 96.2 Å². The van der Waals surface area contributed by atoms with Crippen LogP contribution in [0.2, 0.25) is 0 Å². The van der Waals surface area contributed by atoms with Crippen molar-refractivity contribution < 1.29 is 23.5 Å². The number of carbonyl (C=O) groups excluding carboxylic acids is 2. The van der Waals surface area contributed by atoms with E-state index in [9.17, 15) is 23.9 Å². The van der Waals surface area contributed by atoms with Gasteiger partial charge in [0.05, 0.1) is 17.7 Å². The number of phenolic OH excluding ortho intramolecular Hbond substituents is 1. The molecule has 0 spiro atoms. The number of aromatic nitrogens is 1. The number of nitrogens with one attached hydrogen (secondary N) is 1. The summed E-state index contributed by atoms with van der Waals surface area (Å²) in [5.41, 5.74) is 8.17. The van der Waals surface area contributed by atoms with E-state index in [1.807, 2.05) is 42.8 Å². The van der Waals surface area contributed by atoms with Gasteiger partial charge in [0.1, 0.15) is 11.8 Å². The summed E-state index contributed by atoms with van der Waals surface area (Å²) >= 11 is 0. The second-order valence-corrected chi connectivity index (χ2v) is 16.2. The van der Waals surface area contributed by atoms with Crippen LogP contribution in [0.4, 0.5) is 14.5 Å². The van der Waals surface area contributed by atoms with E-state index in [2.05, 4.69) is 39.4 Å². The molecule has 2 amide bonds. The Morgan fingerprint density at radius 1 is 0.982 bits per heavy atom. The molecule has 4 aliphatic rings. The molecule has 2 saturated heterocycles. The fourth-order valence-corrected chi connectivity index (χ4v) is 9.67. The van der Waals surface area contributed by atoms with Crippen molar-refractivity contribution in [1.82, 2.24) is 24.6 Å². The van der Waals surface area contributed by atoms with E-state index in [1.165, 1.54) is 41.9 Å². The van der Waals surface area contributed by atoms with Gasteiger partial charge < -0.3 is 29.7 Å². The first-order valence-electron chi connectivity index (χ1n) is 20.2. The first-order valence-corrected chi connectivity index (χ1v) is 20.2. The fourth-order valence-electron chi connectivity index (χ4n) is 9.67. The van der Waals surface area contributed by atoms with Gasteiger partial charge in [0.25, 0.3) is 18.4 Å². The number of amides is 2. The molecule has 4 aromatic rings. The molecule has 12 heteroatoms. The average molecular weight is 776 g/mol. The van der Waals surface area contributed by atoms with E-state index in [-0.39, 0.29) is 24.1 Å². The van der Waals surface area contributed by atoms with Gasteiger partial charge >= 0.3 is 0 Å². The lowest BCUT2D eigenvalue weighted by Crippen LogP contribution is -2.51. The van der Waals surface area contributed by atoms with Gasteiger partial charge in [-0.15, -0.1) is 0 Å². The van der Waals surface area contributed by atoms with Gasteiger partial charge in [-0.1, -0.05) is 30.7 Å². The van der Waals surface area contributed by atoms with Gasteiger partial charge in [-0.05, 0) is 130 Å². The molecule has 3 unspecified atom stereocenters. The first kappa shape index (κ1) is 38.8. The molecule has 10 nitrogen and oxygen atoms in total. The molecule has 298 valence electrons. The number of halogens is 2. The van der Waals surface area contributed by atoms with Crippen molar-refractivity contribution in [3.63, 3.8) is 0 Å². The molecule has 0 radical (unpaired) electrons. The Morgan fingerprint density at radius 3 is 2.42 bits per heavy atom. The minimum atomic E-state index is -2.88. The van der Waals surface area contributed by atoms with Crippen LogP contribution < -0.4 is 10.2 Å². The van der Waals surface area contributed by atoms with E-state index in [1.54, 1.807) is 19.1 Å². The topological polar surface area (TPSA) is 108 Å². The molecule has 2 fully saturated rings. The normalized spacial score (nSPS) is 22.6. The van der Waals surface area contributed by atoms with Crippen molar-refractivity contribution in [2.24, 2.45) is 7.05 Å². The Labute approximate surface area is 333 Å². The standard InChI is InChI=1S/C45H51F2N7O3/c1-28-38(44(57)54(34-11-13-37(55)14-12-34)41-22-35(24-48)53(29(41)2)45(46)47)23-42(50(28)3)39-20-31-15-16-49-25-33(31)21-40(39)43(56)52-26-32-10-6-5-9-30(32)19-36(52)27-51-17-7-4-8-18-51/h5-6,9-14,20-21,23,29,35-36,41,45,49,55H,4,7-8,15-19,22,25-27H2,1-3H3/t29?,35?,36-,41?/m0/s1. The number of carbonyl (C=O) groups is 2. The molecule has 0 bridgehead atoms. The van der Waals surface area contributed by atoms with Gasteiger partial charge in [-0.3, -0.25) is 9.59 Å². The van der Waals surface area contributed by atoms with Gasteiger partial charge in [0, 0.05) is 67.0 Å². The third kappa shape index (κ3) is 7.33. The third-order valence-corrected chi connectivity index (χ3v) is 12.9. The lowest BCUT2D eigenvalue weighted by molar-refractivity contribution is -0.0453. The van der Waals surface area contributed by atoms with Crippen LogP contribution in [-0.2, 0) is 33.0 Å². The zero-order valence-electron chi connectivity index (χ0n) is 32.9. The van der Waals surface area contributed by atoms with Crippen LogP contribution in [-0.4, -0.2) is 93.1 Å². The minimum Gasteiger partial charge on any atom is -0.508 e. The number of piperidine rings is 1. The predicted molar refractivity (Wildman–Crippen MR) is 215 cm³/mol. The number of aromatic hydroxyl groups is 1. The molecule has 2 N–H and O–H groups in total. The molecular weight excluding hydrogens is 725 g/mol. The smallest absolute Gasteiger partial charge is 0.296 e. The molecular formula is C45H51F2N7O3. The summed E-state index contributed by atoms with van der Waals surface area (Å²) in [5.74, 6) is -0.446. The number of hydrogen-bond acceptors (Lipinski definition) is 7. The summed E-state index contributed by atoms with van der Waals surface area (Å²) < 4.78 is 30.6. The lowest BCUT2D eigenvalue weighted by Gasteiger charge is -2.41. The molecule has 0 saturated carbocycles. The maximum atomic E-state index is 15.2. The second kappa shape index (κ2) is 16.0. The maximum absolute atomic E-state index is 15.2. The van der Waals surface area contributed by atoms with Gasteiger partial charge in [-0.25, -0.2) is 4.90 Å². The Hall–Kier alpha value is -5.09. The highest BCUT2D eigenvalue weighted by Crippen LogP contribution is 2.38. The molecule has 4 aliphatic heterocycles. The summed E-state index contributed by atoms with van der Waals surface area (Å²) in [6, 6.07) is 19.9. The average Bonchev–Trinajstić information content (AvgIpc) is 3.72. The van der Waals surface area contributed by atoms with Gasteiger partial charge in [0.15, 0.2) is 0 Å². The fraction of sp³-hybridized carbons (Fsp3) is 0.444. The van der Waals surface area contributed by atoms with E-state index in [0.29, 0.717) is 41.3 Å². The highest BCUT2D eigenvalue weighted by molar-refractivity contribution is 6.09. The number of benzene rings is 3. The number of nitriles is 1. The number of rotatable bonds is 8. The van der Waals surface area contributed by atoms with Crippen molar-refractivity contribution in [3.8, 4) is 23.1 Å². The predicted octanol–water partition coefficient (Wildman–Crippen LogP) is 6.63. The summed E-state index contributed by atoms with van der Waals surface area (Å²) in [7, 11) is 1.89. The second-order valence-electron chi connectivity index (χ2n) is 16.2. The Kier molecular flexibility index (Phi) is 10.9. The molecule has 1 aromatic heterocycles. The molecule has 57 heavy (non-hydrogen) atoms. The molecule has 3 aromatic carbocycles.